The van der Waals surface area contributed by atoms with E-state index in [4.69, 9.17) is 4.74 Å². The first-order valence-corrected chi connectivity index (χ1v) is 8.51. The molecule has 2 amide bonds. The Balaban J connectivity index is 1.87. The largest absolute Gasteiger partial charge is 0.444 e. The van der Waals surface area contributed by atoms with Gasteiger partial charge in [-0.15, -0.1) is 0 Å². The monoisotopic (exact) mass is 332 g/mol. The summed E-state index contributed by atoms with van der Waals surface area (Å²) in [7, 11) is 0. The summed E-state index contributed by atoms with van der Waals surface area (Å²) in [5.41, 5.74) is 2.61. The molecule has 0 atom stereocenters. The number of nitrogens with one attached hydrogen (secondary N) is 1. The third-order valence-corrected chi connectivity index (χ3v) is 4.01. The summed E-state index contributed by atoms with van der Waals surface area (Å²) >= 11 is 0. The first-order valence-electron chi connectivity index (χ1n) is 8.51. The lowest BCUT2D eigenvalue weighted by molar-refractivity contribution is -0.121. The number of carbonyl (C=O) groups excluding carboxylic acids is 2. The van der Waals surface area contributed by atoms with Gasteiger partial charge >= 0.3 is 6.09 Å². The van der Waals surface area contributed by atoms with Crippen LogP contribution in [0, 0.1) is 19.8 Å². The van der Waals surface area contributed by atoms with Gasteiger partial charge in [-0.3, -0.25) is 4.79 Å². The fourth-order valence-electron chi connectivity index (χ4n) is 2.94. The minimum atomic E-state index is -0.492. The fraction of sp³-hybridized carbons (Fsp3) is 0.579. The fourth-order valence-corrected chi connectivity index (χ4v) is 2.94. The van der Waals surface area contributed by atoms with Crippen molar-refractivity contribution in [1.29, 1.82) is 0 Å². The molecule has 0 saturated carbocycles. The van der Waals surface area contributed by atoms with E-state index >= 15 is 0 Å². The number of benzene rings is 1. The van der Waals surface area contributed by atoms with Gasteiger partial charge in [-0.25, -0.2) is 4.79 Å². The van der Waals surface area contributed by atoms with E-state index in [9.17, 15) is 9.59 Å². The zero-order valence-electron chi connectivity index (χ0n) is 15.3. The molecule has 0 radical (unpaired) electrons. The highest BCUT2D eigenvalue weighted by Crippen LogP contribution is 2.22. The maximum absolute atomic E-state index is 12.4. The van der Waals surface area contributed by atoms with Crippen molar-refractivity contribution >= 4 is 17.7 Å². The summed E-state index contributed by atoms with van der Waals surface area (Å²) in [5.74, 6) is -0.0339. The van der Waals surface area contributed by atoms with Gasteiger partial charge < -0.3 is 15.0 Å². The van der Waals surface area contributed by atoms with Gasteiger partial charge in [0.2, 0.25) is 5.91 Å². The highest BCUT2D eigenvalue weighted by atomic mass is 16.6. The van der Waals surface area contributed by atoms with Crippen molar-refractivity contribution in [3.8, 4) is 0 Å². The Morgan fingerprint density at radius 2 is 1.62 bits per heavy atom. The molecule has 1 fully saturated rings. The number of ether oxygens (including phenoxy) is 1. The third kappa shape index (κ3) is 5.25. The second-order valence-electron chi connectivity index (χ2n) is 7.61. The highest BCUT2D eigenvalue weighted by molar-refractivity contribution is 5.92. The Bertz CT molecular complexity index is 591. The van der Waals surface area contributed by atoms with E-state index in [2.05, 4.69) is 11.4 Å². The van der Waals surface area contributed by atoms with Crippen LogP contribution in [0.25, 0.3) is 0 Å². The van der Waals surface area contributed by atoms with E-state index in [0.717, 1.165) is 16.8 Å². The van der Waals surface area contributed by atoms with Gasteiger partial charge in [-0.2, -0.15) is 0 Å². The maximum atomic E-state index is 12.4. The quantitative estimate of drug-likeness (QED) is 0.894. The summed E-state index contributed by atoms with van der Waals surface area (Å²) in [5, 5.41) is 3.00. The number of piperidine rings is 1. The van der Waals surface area contributed by atoms with Gasteiger partial charge in [0, 0.05) is 24.7 Å². The Morgan fingerprint density at radius 3 is 2.12 bits per heavy atom. The maximum Gasteiger partial charge on any atom is 0.410 e. The SMILES string of the molecule is Cc1cc(C)cc(NC(=O)C2CCN(C(=O)OC(C)(C)C)CC2)c1. The predicted molar refractivity (Wildman–Crippen MR) is 95.1 cm³/mol. The first-order chi connectivity index (χ1) is 11.1. The van der Waals surface area contributed by atoms with Gasteiger partial charge in [0.25, 0.3) is 0 Å². The number of nitrogens with zero attached hydrogens (tertiary/aromatic N) is 1. The van der Waals surface area contributed by atoms with Gasteiger partial charge in [-0.1, -0.05) is 6.07 Å². The topological polar surface area (TPSA) is 58.6 Å². The lowest BCUT2D eigenvalue weighted by atomic mass is 9.96. The Kier molecular flexibility index (Phi) is 5.52. The molecule has 1 heterocycles. The van der Waals surface area contributed by atoms with Crippen LogP contribution in [0.3, 0.4) is 0 Å². The third-order valence-electron chi connectivity index (χ3n) is 4.01. The number of likely N-dealkylation sites (tertiary alicyclic amines) is 1. The molecule has 0 aromatic heterocycles. The summed E-state index contributed by atoms with van der Waals surface area (Å²) < 4.78 is 5.38. The summed E-state index contributed by atoms with van der Waals surface area (Å²) in [6, 6.07) is 6.02. The van der Waals surface area contributed by atoms with Crippen LogP contribution in [0.15, 0.2) is 18.2 Å². The molecule has 132 valence electrons. The second kappa shape index (κ2) is 7.24. The summed E-state index contributed by atoms with van der Waals surface area (Å²) in [6.07, 6.45) is 1.03. The van der Waals surface area contributed by atoms with Gasteiger partial charge in [-0.05, 0) is 70.7 Å². The molecule has 0 unspecified atom stereocenters. The number of hydrogen-bond donors (Lipinski definition) is 1. The van der Waals surface area contributed by atoms with E-state index in [0.29, 0.717) is 25.9 Å². The van der Waals surface area contributed by atoms with E-state index in [-0.39, 0.29) is 17.9 Å². The average Bonchev–Trinajstić information content (AvgIpc) is 2.44. The molecular weight excluding hydrogens is 304 g/mol. The number of carbonyl (C=O) groups is 2. The highest BCUT2D eigenvalue weighted by Gasteiger charge is 2.29. The molecular formula is C19H28N2O3. The minimum Gasteiger partial charge on any atom is -0.444 e. The zero-order valence-corrected chi connectivity index (χ0v) is 15.3. The van der Waals surface area contributed by atoms with Crippen molar-refractivity contribution in [3.05, 3.63) is 29.3 Å². The molecule has 2 rings (SSSR count). The molecule has 0 spiro atoms. The van der Waals surface area contributed by atoms with Crippen LogP contribution in [0.5, 0.6) is 0 Å². The van der Waals surface area contributed by atoms with Crippen LogP contribution < -0.4 is 5.32 Å². The number of hydrogen-bond acceptors (Lipinski definition) is 3. The van der Waals surface area contributed by atoms with Crippen molar-refractivity contribution in [2.45, 2.75) is 53.1 Å². The van der Waals surface area contributed by atoms with Gasteiger partial charge in [0.15, 0.2) is 0 Å². The molecule has 1 N–H and O–H groups in total. The van der Waals surface area contributed by atoms with Crippen LogP contribution >= 0.6 is 0 Å². The molecule has 24 heavy (non-hydrogen) atoms. The molecule has 0 bridgehead atoms. The van der Waals surface area contributed by atoms with E-state index < -0.39 is 5.60 Å². The van der Waals surface area contributed by atoms with Crippen LogP contribution in [0.2, 0.25) is 0 Å². The smallest absolute Gasteiger partial charge is 0.410 e. The minimum absolute atomic E-state index is 0.0313. The lowest BCUT2D eigenvalue weighted by Gasteiger charge is -2.32. The van der Waals surface area contributed by atoms with Crippen molar-refractivity contribution in [2.24, 2.45) is 5.92 Å². The lowest BCUT2D eigenvalue weighted by Crippen LogP contribution is -2.43. The molecule has 5 heteroatoms. The van der Waals surface area contributed by atoms with Crippen LogP contribution in [0.1, 0.15) is 44.7 Å². The van der Waals surface area contributed by atoms with Gasteiger partial charge in [0.05, 0.1) is 0 Å². The summed E-state index contributed by atoms with van der Waals surface area (Å²) in [6.45, 7) is 10.7. The molecule has 1 aromatic carbocycles. The Morgan fingerprint density at radius 1 is 1.08 bits per heavy atom. The van der Waals surface area contributed by atoms with Crippen molar-refractivity contribution in [1.82, 2.24) is 4.90 Å². The number of rotatable bonds is 2. The molecule has 1 aliphatic heterocycles. The number of anilines is 1. The molecule has 1 saturated heterocycles. The van der Waals surface area contributed by atoms with Crippen LogP contribution in [-0.2, 0) is 9.53 Å². The van der Waals surface area contributed by atoms with E-state index in [1.54, 1.807) is 4.90 Å². The second-order valence-corrected chi connectivity index (χ2v) is 7.61. The van der Waals surface area contributed by atoms with Crippen molar-refractivity contribution < 1.29 is 14.3 Å². The number of amides is 2. The molecule has 1 aliphatic rings. The normalized spacial score (nSPS) is 16.0. The van der Waals surface area contributed by atoms with Gasteiger partial charge in [0.1, 0.15) is 5.60 Å². The van der Waals surface area contributed by atoms with Crippen LogP contribution in [0.4, 0.5) is 10.5 Å². The first kappa shape index (κ1) is 18.3. The zero-order chi connectivity index (χ0) is 17.9. The Labute approximate surface area is 144 Å². The van der Waals surface area contributed by atoms with Crippen molar-refractivity contribution in [2.75, 3.05) is 18.4 Å². The Hall–Kier alpha value is -2.04. The average molecular weight is 332 g/mol. The summed E-state index contributed by atoms with van der Waals surface area (Å²) in [4.78, 5) is 26.2. The molecule has 1 aromatic rings. The van der Waals surface area contributed by atoms with E-state index in [1.807, 2.05) is 46.8 Å². The van der Waals surface area contributed by atoms with Crippen molar-refractivity contribution in [3.63, 3.8) is 0 Å². The van der Waals surface area contributed by atoms with E-state index in [1.165, 1.54) is 0 Å². The van der Waals surface area contributed by atoms with Crippen LogP contribution in [-0.4, -0.2) is 35.6 Å². The molecule has 0 aliphatic carbocycles. The molecule has 5 nitrogen and oxygen atoms in total. The standard InChI is InChI=1S/C19H28N2O3/c1-13-10-14(2)12-16(11-13)20-17(22)15-6-8-21(9-7-15)18(23)24-19(3,4)5/h10-12,15H,6-9H2,1-5H3,(H,20,22). The predicted octanol–water partition coefficient (Wildman–Crippen LogP) is 3.89. The number of aryl methyl sites for hydroxylation is 2.